The molecule has 1 saturated heterocycles. The highest BCUT2D eigenvalue weighted by molar-refractivity contribution is 5.76. The lowest BCUT2D eigenvalue weighted by atomic mass is 9.99. The summed E-state index contributed by atoms with van der Waals surface area (Å²) in [4.78, 5) is 13.0. The van der Waals surface area contributed by atoms with Crippen LogP contribution >= 0.6 is 0 Å². The summed E-state index contributed by atoms with van der Waals surface area (Å²) in [6.45, 7) is 3.53. The summed E-state index contributed by atoms with van der Waals surface area (Å²) in [5, 5.41) is 54.2. The molecule has 0 aromatic heterocycles. The zero-order chi connectivity index (χ0) is 54.3. The molecule has 422 valence electrons. The molecule has 1 heterocycles. The zero-order valence-electron chi connectivity index (χ0n) is 46.7. The van der Waals surface area contributed by atoms with Gasteiger partial charge in [0.2, 0.25) is 5.91 Å². The minimum Gasteiger partial charge on any atom is -0.394 e. The van der Waals surface area contributed by atoms with Crippen molar-refractivity contribution in [1.82, 2.24) is 5.32 Å². The van der Waals surface area contributed by atoms with Crippen molar-refractivity contribution in [2.45, 2.75) is 236 Å². The van der Waals surface area contributed by atoms with Crippen molar-refractivity contribution < 1.29 is 39.8 Å². The minimum absolute atomic E-state index is 0.205. The second-order valence-electron chi connectivity index (χ2n) is 19.3. The lowest BCUT2D eigenvalue weighted by molar-refractivity contribution is -0.302. The molecule has 6 N–H and O–H groups in total. The molecular formula is C66H105NO8. The number of hydrogen-bond acceptors (Lipinski definition) is 8. The van der Waals surface area contributed by atoms with E-state index in [1.165, 1.54) is 38.5 Å². The third-order valence-electron chi connectivity index (χ3n) is 12.5. The van der Waals surface area contributed by atoms with Gasteiger partial charge < -0.3 is 40.3 Å². The topological polar surface area (TPSA) is 149 Å². The number of carbonyl (C=O) groups excluding carboxylic acids is 1. The predicted octanol–water partition coefficient (Wildman–Crippen LogP) is 14.8. The Morgan fingerprint density at radius 2 is 0.840 bits per heavy atom. The number of aliphatic hydroxyl groups excluding tert-OH is 5. The number of amides is 1. The number of carbonyl (C=O) groups is 1. The van der Waals surface area contributed by atoms with Gasteiger partial charge in [0.25, 0.3) is 0 Å². The van der Waals surface area contributed by atoms with Gasteiger partial charge in [-0.15, -0.1) is 0 Å². The van der Waals surface area contributed by atoms with Crippen molar-refractivity contribution in [3.8, 4) is 0 Å². The van der Waals surface area contributed by atoms with Gasteiger partial charge in [-0.3, -0.25) is 4.79 Å². The number of unbranched alkanes of at least 4 members (excludes halogenated alkanes) is 13. The van der Waals surface area contributed by atoms with Crippen molar-refractivity contribution in [2.75, 3.05) is 13.2 Å². The Balaban J connectivity index is 2.13. The molecule has 9 heteroatoms. The lowest BCUT2D eigenvalue weighted by Crippen LogP contribution is -2.60. The standard InChI is InChI=1S/C66H105NO8/c1-3-5-7-9-11-13-15-16-17-18-19-20-21-22-23-24-25-26-27-28-29-30-31-32-33-34-35-36-37-38-39-40-41-42-43-44-46-48-50-52-54-56-62(70)67-59(58-74-66-65(73)64(72)63(71)61(57-68)75-66)60(69)55-53-51-49-47-45-14-12-10-8-6-4-2/h5,7-8,10-11,13,16-17,19-20,22-23,25-26,28-29,31-32,34-35,37-38,45,47,53,55,59-61,63-66,68-69,71-73H,3-4,6,9,12,14-15,18,21,24,27,30,33,36,39-44,46,48-52,54,56-58H2,1-2H3,(H,67,70)/b7-5-,10-8+,13-11-,17-16-,20-19-,23-22-,26-25-,29-28-,32-31-,35-34-,38-37-,47-45+,55-53+. The van der Waals surface area contributed by atoms with E-state index in [4.69, 9.17) is 9.47 Å². The second-order valence-corrected chi connectivity index (χ2v) is 19.3. The number of hydrogen-bond donors (Lipinski definition) is 6. The van der Waals surface area contributed by atoms with Crippen molar-refractivity contribution in [3.05, 3.63) is 158 Å². The third-order valence-corrected chi connectivity index (χ3v) is 12.5. The molecule has 1 rings (SSSR count). The van der Waals surface area contributed by atoms with E-state index in [9.17, 15) is 30.3 Å². The van der Waals surface area contributed by atoms with Crippen LogP contribution in [0.25, 0.3) is 0 Å². The molecule has 0 bridgehead atoms. The predicted molar refractivity (Wildman–Crippen MR) is 317 cm³/mol. The van der Waals surface area contributed by atoms with Crippen LogP contribution in [0.4, 0.5) is 0 Å². The summed E-state index contributed by atoms with van der Waals surface area (Å²) in [7, 11) is 0. The van der Waals surface area contributed by atoms with E-state index in [1.807, 2.05) is 6.08 Å². The Hall–Kier alpha value is -4.19. The van der Waals surface area contributed by atoms with Gasteiger partial charge in [0.15, 0.2) is 6.29 Å². The maximum absolute atomic E-state index is 13.0. The quantitative estimate of drug-likeness (QED) is 0.0261. The fourth-order valence-electron chi connectivity index (χ4n) is 7.99. The molecule has 1 fully saturated rings. The summed E-state index contributed by atoms with van der Waals surface area (Å²) in [5.41, 5.74) is 0. The zero-order valence-corrected chi connectivity index (χ0v) is 46.7. The highest BCUT2D eigenvalue weighted by Gasteiger charge is 2.44. The molecular weight excluding hydrogens is 935 g/mol. The van der Waals surface area contributed by atoms with E-state index in [0.29, 0.717) is 6.42 Å². The van der Waals surface area contributed by atoms with Gasteiger partial charge in [0.1, 0.15) is 24.4 Å². The van der Waals surface area contributed by atoms with E-state index in [1.54, 1.807) is 6.08 Å². The fraction of sp³-hybridized carbons (Fsp3) is 0.591. The molecule has 75 heavy (non-hydrogen) atoms. The van der Waals surface area contributed by atoms with Crippen molar-refractivity contribution in [2.24, 2.45) is 0 Å². The molecule has 9 nitrogen and oxygen atoms in total. The van der Waals surface area contributed by atoms with E-state index in [2.05, 4.69) is 165 Å². The van der Waals surface area contributed by atoms with Crippen LogP contribution in [0, 0.1) is 0 Å². The van der Waals surface area contributed by atoms with Crippen LogP contribution in [0.2, 0.25) is 0 Å². The normalized spacial score (nSPS) is 20.1. The Labute approximate surface area is 456 Å². The van der Waals surface area contributed by atoms with E-state index in [-0.39, 0.29) is 12.5 Å². The highest BCUT2D eigenvalue weighted by Crippen LogP contribution is 2.22. The van der Waals surface area contributed by atoms with Crippen molar-refractivity contribution in [3.63, 3.8) is 0 Å². The van der Waals surface area contributed by atoms with Crippen molar-refractivity contribution in [1.29, 1.82) is 0 Å². The Morgan fingerprint density at radius 3 is 1.27 bits per heavy atom. The Kier molecular flexibility index (Phi) is 48.8. The van der Waals surface area contributed by atoms with Gasteiger partial charge in [-0.05, 0) is 116 Å². The molecule has 0 aromatic rings. The van der Waals surface area contributed by atoms with Gasteiger partial charge in [-0.2, -0.15) is 0 Å². The maximum Gasteiger partial charge on any atom is 0.220 e. The van der Waals surface area contributed by atoms with Gasteiger partial charge in [0, 0.05) is 6.42 Å². The molecule has 0 radical (unpaired) electrons. The summed E-state index contributed by atoms with van der Waals surface area (Å²) >= 11 is 0. The molecule has 0 spiro atoms. The maximum atomic E-state index is 13.0. The number of aliphatic hydroxyl groups is 5. The number of rotatable bonds is 47. The molecule has 1 amide bonds. The molecule has 7 unspecified atom stereocenters. The summed E-state index contributed by atoms with van der Waals surface area (Å²) in [5.74, 6) is -0.205. The van der Waals surface area contributed by atoms with E-state index < -0.39 is 49.5 Å². The van der Waals surface area contributed by atoms with E-state index in [0.717, 1.165) is 135 Å². The average molecular weight is 1040 g/mol. The molecule has 7 atom stereocenters. The average Bonchev–Trinajstić information content (AvgIpc) is 3.41. The van der Waals surface area contributed by atoms with Crippen LogP contribution in [0.3, 0.4) is 0 Å². The van der Waals surface area contributed by atoms with Gasteiger partial charge >= 0.3 is 0 Å². The van der Waals surface area contributed by atoms with Gasteiger partial charge in [-0.25, -0.2) is 0 Å². The van der Waals surface area contributed by atoms with Crippen molar-refractivity contribution >= 4 is 5.91 Å². The molecule has 0 aromatic carbocycles. The largest absolute Gasteiger partial charge is 0.394 e. The molecule has 0 aliphatic carbocycles. The van der Waals surface area contributed by atoms with Gasteiger partial charge in [0.05, 0.1) is 25.4 Å². The Morgan fingerprint density at radius 1 is 0.467 bits per heavy atom. The van der Waals surface area contributed by atoms with Crippen LogP contribution < -0.4 is 5.32 Å². The van der Waals surface area contributed by atoms with E-state index >= 15 is 0 Å². The first-order valence-electron chi connectivity index (χ1n) is 29.2. The van der Waals surface area contributed by atoms with Crippen LogP contribution in [-0.4, -0.2) is 87.5 Å². The number of ether oxygens (including phenoxy) is 2. The fourth-order valence-corrected chi connectivity index (χ4v) is 7.99. The highest BCUT2D eigenvalue weighted by atomic mass is 16.7. The first-order chi connectivity index (χ1) is 36.8. The van der Waals surface area contributed by atoms with Crippen LogP contribution in [0.15, 0.2) is 158 Å². The summed E-state index contributed by atoms with van der Waals surface area (Å²) in [6, 6.07) is -0.840. The second kappa shape index (κ2) is 53.2. The monoisotopic (exact) mass is 1040 g/mol. The first kappa shape index (κ1) is 68.8. The van der Waals surface area contributed by atoms with Crippen LogP contribution in [-0.2, 0) is 14.3 Å². The molecule has 0 saturated carbocycles. The Bertz CT molecular complexity index is 1730. The van der Waals surface area contributed by atoms with Gasteiger partial charge in [-0.1, -0.05) is 230 Å². The first-order valence-corrected chi connectivity index (χ1v) is 29.2. The smallest absolute Gasteiger partial charge is 0.220 e. The summed E-state index contributed by atoms with van der Waals surface area (Å²) in [6.07, 6.45) is 77.6. The number of allylic oxidation sites excluding steroid dienone is 25. The molecule has 1 aliphatic rings. The minimum atomic E-state index is -1.58. The SMILES string of the molecule is CC/C=C\C/C=C\C/C=C\C/C=C\C/C=C\C/C=C\C/C=C\C/C=C\C/C=C\C/C=C\CCCCCCCCCCCCC(=O)NC(COC1OC(CO)C(O)C(O)C1O)C(O)/C=C/CC/C=C/CC/C=C/CCC. The third kappa shape index (κ3) is 42.6. The molecule has 1 aliphatic heterocycles. The lowest BCUT2D eigenvalue weighted by Gasteiger charge is -2.40. The van der Waals surface area contributed by atoms with Crippen LogP contribution in [0.5, 0.6) is 0 Å². The summed E-state index contributed by atoms with van der Waals surface area (Å²) < 4.78 is 11.2. The number of nitrogens with one attached hydrogen (secondary N) is 1. The van der Waals surface area contributed by atoms with Crippen LogP contribution in [0.1, 0.15) is 194 Å².